The number of hydrogen-bond donors (Lipinski definition) is 0. The number of alkyl halides is 1. The fourth-order valence-corrected chi connectivity index (χ4v) is 3.25. The molecule has 0 radical (unpaired) electrons. The average Bonchev–Trinajstić information content (AvgIpc) is 2.33. The van der Waals surface area contributed by atoms with Crippen molar-refractivity contribution in [2.24, 2.45) is 5.92 Å². The molecule has 0 heterocycles. The van der Waals surface area contributed by atoms with E-state index in [1.54, 1.807) is 14.0 Å². The highest BCUT2D eigenvalue weighted by Gasteiger charge is 2.32. The molecule has 1 unspecified atom stereocenters. The molecule has 122 valence electrons. The van der Waals surface area contributed by atoms with Crippen LogP contribution in [0.2, 0.25) is 0 Å². The standard InChI is InChI=1S/C14H30FNO3S/c1-7-8-13(11-19-12(2)10-15)9-14(3,4)16(5)20(6,17)18/h12-13H,7-11H2,1-6H3/t12-,13?/m0/s1. The zero-order chi connectivity index (χ0) is 16.0. The van der Waals surface area contributed by atoms with E-state index in [9.17, 15) is 12.8 Å². The highest BCUT2D eigenvalue weighted by atomic mass is 32.2. The summed E-state index contributed by atoms with van der Waals surface area (Å²) in [5, 5.41) is 0. The van der Waals surface area contributed by atoms with Crippen molar-refractivity contribution < 1.29 is 17.5 Å². The number of rotatable bonds is 10. The fraction of sp³-hybridized carbons (Fsp3) is 1.00. The number of halogens is 1. The maximum atomic E-state index is 12.4. The third-order valence-electron chi connectivity index (χ3n) is 3.67. The van der Waals surface area contributed by atoms with Gasteiger partial charge in [-0.3, -0.25) is 0 Å². The van der Waals surface area contributed by atoms with Crippen LogP contribution in [-0.4, -0.2) is 51.0 Å². The Morgan fingerprint density at radius 2 is 1.90 bits per heavy atom. The molecular weight excluding hydrogens is 281 g/mol. The molecule has 2 atom stereocenters. The van der Waals surface area contributed by atoms with Crippen molar-refractivity contribution in [1.82, 2.24) is 4.31 Å². The summed E-state index contributed by atoms with van der Waals surface area (Å²) in [4.78, 5) is 0. The third kappa shape index (κ3) is 6.99. The fourth-order valence-electron chi connectivity index (χ4n) is 2.28. The second-order valence-corrected chi connectivity index (χ2v) is 8.21. The van der Waals surface area contributed by atoms with Crippen molar-refractivity contribution in [2.45, 2.75) is 58.6 Å². The minimum atomic E-state index is -3.22. The smallest absolute Gasteiger partial charge is 0.211 e. The Balaban J connectivity index is 4.71. The van der Waals surface area contributed by atoms with Crippen LogP contribution in [0.4, 0.5) is 4.39 Å². The van der Waals surface area contributed by atoms with E-state index in [-0.39, 0.29) is 5.92 Å². The number of hydrogen-bond acceptors (Lipinski definition) is 3. The maximum absolute atomic E-state index is 12.4. The predicted molar refractivity (Wildman–Crippen MR) is 81.1 cm³/mol. The van der Waals surface area contributed by atoms with E-state index in [1.165, 1.54) is 10.6 Å². The van der Waals surface area contributed by atoms with Crippen LogP contribution in [0.3, 0.4) is 0 Å². The second-order valence-electron chi connectivity index (χ2n) is 6.20. The molecule has 0 N–H and O–H groups in total. The Morgan fingerprint density at radius 3 is 2.30 bits per heavy atom. The van der Waals surface area contributed by atoms with Crippen molar-refractivity contribution in [3.63, 3.8) is 0 Å². The van der Waals surface area contributed by atoms with Crippen LogP contribution in [0, 0.1) is 5.92 Å². The van der Waals surface area contributed by atoms with Gasteiger partial charge in [-0.2, -0.15) is 4.31 Å². The van der Waals surface area contributed by atoms with E-state index in [0.29, 0.717) is 13.0 Å². The van der Waals surface area contributed by atoms with Gasteiger partial charge in [0.15, 0.2) is 0 Å². The molecule has 0 saturated carbocycles. The summed E-state index contributed by atoms with van der Waals surface area (Å²) in [7, 11) is -1.62. The zero-order valence-electron chi connectivity index (χ0n) is 13.6. The molecule has 20 heavy (non-hydrogen) atoms. The van der Waals surface area contributed by atoms with Crippen LogP contribution >= 0.6 is 0 Å². The van der Waals surface area contributed by atoms with E-state index in [1.807, 2.05) is 13.8 Å². The van der Waals surface area contributed by atoms with Gasteiger partial charge in [-0.1, -0.05) is 13.3 Å². The first-order chi connectivity index (χ1) is 9.04. The molecule has 0 aliphatic carbocycles. The summed E-state index contributed by atoms with van der Waals surface area (Å²) >= 11 is 0. The molecule has 0 aromatic rings. The van der Waals surface area contributed by atoms with E-state index >= 15 is 0 Å². The largest absolute Gasteiger partial charge is 0.376 e. The van der Waals surface area contributed by atoms with Crippen LogP contribution in [0.5, 0.6) is 0 Å². The van der Waals surface area contributed by atoms with Crippen molar-refractivity contribution in [3.05, 3.63) is 0 Å². The Hall–Kier alpha value is -0.200. The van der Waals surface area contributed by atoms with Crippen LogP contribution < -0.4 is 0 Å². The zero-order valence-corrected chi connectivity index (χ0v) is 14.5. The molecular formula is C14H30FNO3S. The lowest BCUT2D eigenvalue weighted by Crippen LogP contribution is -2.46. The lowest BCUT2D eigenvalue weighted by atomic mass is 9.88. The molecule has 0 aliphatic heterocycles. The third-order valence-corrected chi connectivity index (χ3v) is 5.16. The van der Waals surface area contributed by atoms with Gasteiger partial charge in [0.25, 0.3) is 0 Å². The molecule has 0 bridgehead atoms. The molecule has 6 heteroatoms. The van der Waals surface area contributed by atoms with Crippen LogP contribution in [0.15, 0.2) is 0 Å². The first kappa shape index (κ1) is 19.8. The molecule has 0 spiro atoms. The predicted octanol–water partition coefficient (Wildman–Crippen LogP) is 2.84. The van der Waals surface area contributed by atoms with Crippen molar-refractivity contribution in [1.29, 1.82) is 0 Å². The van der Waals surface area contributed by atoms with E-state index in [0.717, 1.165) is 12.8 Å². The Bertz CT molecular complexity index is 371. The summed E-state index contributed by atoms with van der Waals surface area (Å²) in [6.07, 6.45) is 3.45. The van der Waals surface area contributed by atoms with E-state index in [4.69, 9.17) is 4.74 Å². The second kappa shape index (κ2) is 8.29. The van der Waals surface area contributed by atoms with Crippen LogP contribution in [0.1, 0.15) is 47.0 Å². The van der Waals surface area contributed by atoms with Gasteiger partial charge in [-0.25, -0.2) is 12.8 Å². The molecule has 0 aromatic carbocycles. The lowest BCUT2D eigenvalue weighted by molar-refractivity contribution is 0.0136. The minimum absolute atomic E-state index is 0.230. The number of ether oxygens (including phenoxy) is 1. The van der Waals surface area contributed by atoms with Gasteiger partial charge in [0.1, 0.15) is 6.67 Å². The van der Waals surface area contributed by atoms with Gasteiger partial charge in [0.2, 0.25) is 10.0 Å². The van der Waals surface area contributed by atoms with Gasteiger partial charge in [0.05, 0.1) is 12.4 Å². The first-order valence-corrected chi connectivity index (χ1v) is 9.01. The quantitative estimate of drug-likeness (QED) is 0.623. The molecule has 0 aliphatic rings. The van der Waals surface area contributed by atoms with Gasteiger partial charge < -0.3 is 4.74 Å². The van der Waals surface area contributed by atoms with Gasteiger partial charge in [-0.15, -0.1) is 0 Å². The summed E-state index contributed by atoms with van der Waals surface area (Å²) in [5.74, 6) is 0.230. The summed E-state index contributed by atoms with van der Waals surface area (Å²) in [5.41, 5.74) is -0.476. The van der Waals surface area contributed by atoms with Gasteiger partial charge in [0, 0.05) is 19.2 Å². The minimum Gasteiger partial charge on any atom is -0.376 e. The molecule has 0 aromatic heterocycles. The lowest BCUT2D eigenvalue weighted by Gasteiger charge is -2.36. The van der Waals surface area contributed by atoms with E-state index in [2.05, 4.69) is 6.92 Å². The summed E-state index contributed by atoms with van der Waals surface area (Å²) in [6, 6.07) is 0. The Morgan fingerprint density at radius 1 is 1.35 bits per heavy atom. The van der Waals surface area contributed by atoms with Gasteiger partial charge in [-0.05, 0) is 39.5 Å². The first-order valence-electron chi connectivity index (χ1n) is 7.16. The van der Waals surface area contributed by atoms with Crippen molar-refractivity contribution in [2.75, 3.05) is 26.6 Å². The normalized spacial score (nSPS) is 16.4. The Kier molecular flexibility index (Phi) is 8.21. The summed E-state index contributed by atoms with van der Waals surface area (Å²) in [6.45, 7) is 7.59. The SMILES string of the molecule is CCCC(CO[C@@H](C)CF)CC(C)(C)N(C)S(C)(=O)=O. The topological polar surface area (TPSA) is 46.6 Å². The number of sulfonamides is 1. The van der Waals surface area contributed by atoms with Crippen LogP contribution in [-0.2, 0) is 14.8 Å². The number of nitrogens with zero attached hydrogens (tertiary/aromatic N) is 1. The van der Waals surface area contributed by atoms with Crippen molar-refractivity contribution >= 4 is 10.0 Å². The maximum Gasteiger partial charge on any atom is 0.211 e. The molecule has 0 saturated heterocycles. The van der Waals surface area contributed by atoms with E-state index < -0.39 is 28.3 Å². The molecule has 4 nitrogen and oxygen atoms in total. The highest BCUT2D eigenvalue weighted by molar-refractivity contribution is 7.88. The highest BCUT2D eigenvalue weighted by Crippen LogP contribution is 2.27. The monoisotopic (exact) mass is 311 g/mol. The Labute approximate surface area is 123 Å². The van der Waals surface area contributed by atoms with Crippen LogP contribution in [0.25, 0.3) is 0 Å². The van der Waals surface area contributed by atoms with Gasteiger partial charge >= 0.3 is 0 Å². The average molecular weight is 311 g/mol. The molecule has 0 fully saturated rings. The molecule has 0 rings (SSSR count). The van der Waals surface area contributed by atoms with Crippen molar-refractivity contribution in [3.8, 4) is 0 Å². The summed E-state index contributed by atoms with van der Waals surface area (Å²) < 4.78 is 42.7. The molecule has 0 amide bonds.